The molecule has 2 aromatic carbocycles. The number of aromatic amines is 1. The number of amides is 1. The molecule has 0 bridgehead atoms. The van der Waals surface area contributed by atoms with Crippen LogP contribution in [-0.4, -0.2) is 30.3 Å². The van der Waals surface area contributed by atoms with Crippen LogP contribution in [0.15, 0.2) is 48.5 Å². The molecule has 1 aromatic heterocycles. The van der Waals surface area contributed by atoms with Crippen molar-refractivity contribution >= 4 is 22.8 Å². The predicted molar refractivity (Wildman–Crippen MR) is 97.7 cm³/mol. The molecule has 2 heterocycles. The predicted octanol–water partition coefficient (Wildman–Crippen LogP) is 2.93. The highest BCUT2D eigenvalue weighted by atomic mass is 16.7. The zero-order chi connectivity index (χ0) is 18.8. The Labute approximate surface area is 155 Å². The first kappa shape index (κ1) is 17.0. The van der Waals surface area contributed by atoms with Crippen LogP contribution < -0.4 is 14.8 Å². The lowest BCUT2D eigenvalue weighted by atomic mass is 10.1. The van der Waals surface area contributed by atoms with Crippen molar-refractivity contribution in [1.82, 2.24) is 10.3 Å². The van der Waals surface area contributed by atoms with Gasteiger partial charge in [0.05, 0.1) is 6.04 Å². The molecule has 1 amide bonds. The molecule has 0 saturated heterocycles. The minimum absolute atomic E-state index is 0.198. The molecule has 138 valence electrons. The Morgan fingerprint density at radius 3 is 2.81 bits per heavy atom. The van der Waals surface area contributed by atoms with Crippen molar-refractivity contribution in [2.45, 2.75) is 13.0 Å². The molecule has 0 aliphatic carbocycles. The summed E-state index contributed by atoms with van der Waals surface area (Å²) in [4.78, 5) is 27.2. The molecule has 27 heavy (non-hydrogen) atoms. The third-order valence-electron chi connectivity index (χ3n) is 4.36. The summed E-state index contributed by atoms with van der Waals surface area (Å²) in [6, 6.07) is 14.4. The van der Waals surface area contributed by atoms with Crippen LogP contribution in [0, 0.1) is 0 Å². The van der Waals surface area contributed by atoms with E-state index in [4.69, 9.17) is 14.2 Å². The van der Waals surface area contributed by atoms with Gasteiger partial charge in [0, 0.05) is 10.9 Å². The van der Waals surface area contributed by atoms with Gasteiger partial charge in [0.2, 0.25) is 6.79 Å². The first-order chi connectivity index (χ1) is 13.1. The molecule has 4 rings (SSSR count). The average molecular weight is 366 g/mol. The molecule has 1 aliphatic rings. The normalized spacial score (nSPS) is 13.4. The van der Waals surface area contributed by atoms with E-state index in [1.807, 2.05) is 43.3 Å². The van der Waals surface area contributed by atoms with Crippen LogP contribution in [0.4, 0.5) is 0 Å². The Bertz CT molecular complexity index is 978. The molecule has 2 N–H and O–H groups in total. The summed E-state index contributed by atoms with van der Waals surface area (Å²) in [5.41, 5.74) is 2.02. The van der Waals surface area contributed by atoms with Crippen LogP contribution >= 0.6 is 0 Å². The van der Waals surface area contributed by atoms with E-state index in [-0.39, 0.29) is 25.3 Å². The third kappa shape index (κ3) is 3.57. The second kappa shape index (κ2) is 7.03. The van der Waals surface area contributed by atoms with Gasteiger partial charge in [-0.3, -0.25) is 4.79 Å². The molecular formula is C20H18N2O5. The number of hydrogen-bond acceptors (Lipinski definition) is 5. The molecule has 0 radical (unpaired) electrons. The zero-order valence-electron chi connectivity index (χ0n) is 14.7. The van der Waals surface area contributed by atoms with Crippen LogP contribution in [0.25, 0.3) is 10.9 Å². The first-order valence-corrected chi connectivity index (χ1v) is 8.54. The Kier molecular flexibility index (Phi) is 4.42. The van der Waals surface area contributed by atoms with Gasteiger partial charge in [-0.05, 0) is 36.8 Å². The fourth-order valence-electron chi connectivity index (χ4n) is 2.94. The van der Waals surface area contributed by atoms with Gasteiger partial charge >= 0.3 is 5.97 Å². The van der Waals surface area contributed by atoms with E-state index in [0.29, 0.717) is 17.2 Å². The van der Waals surface area contributed by atoms with Crippen molar-refractivity contribution in [3.8, 4) is 11.5 Å². The number of benzene rings is 2. The smallest absolute Gasteiger partial charge is 0.355 e. The standard InChI is InChI=1S/C20H18N2O5/c1-12(13-6-7-17-18(9-13)27-11-26-17)21-19(23)10-25-20(24)16-8-14-4-2-3-5-15(14)22-16/h2-9,12,22H,10-11H2,1H3,(H,21,23). The second-order valence-corrected chi connectivity index (χ2v) is 6.25. The summed E-state index contributed by atoms with van der Waals surface area (Å²) in [6.45, 7) is 1.68. The van der Waals surface area contributed by atoms with E-state index < -0.39 is 5.97 Å². The molecule has 0 fully saturated rings. The molecule has 1 atom stereocenters. The van der Waals surface area contributed by atoms with Gasteiger partial charge < -0.3 is 24.5 Å². The number of fused-ring (bicyclic) bond motifs is 2. The molecular weight excluding hydrogens is 348 g/mol. The van der Waals surface area contributed by atoms with Crippen molar-refractivity contribution in [2.75, 3.05) is 13.4 Å². The fourth-order valence-corrected chi connectivity index (χ4v) is 2.94. The Balaban J connectivity index is 1.33. The molecule has 0 saturated carbocycles. The minimum atomic E-state index is -0.572. The zero-order valence-corrected chi connectivity index (χ0v) is 14.7. The Hall–Kier alpha value is -3.48. The van der Waals surface area contributed by atoms with Crippen LogP contribution in [0.2, 0.25) is 0 Å². The maximum absolute atomic E-state index is 12.1. The van der Waals surface area contributed by atoms with Gasteiger partial charge in [0.1, 0.15) is 5.69 Å². The number of carbonyl (C=O) groups excluding carboxylic acids is 2. The van der Waals surface area contributed by atoms with Gasteiger partial charge in [-0.2, -0.15) is 0 Å². The number of rotatable bonds is 5. The van der Waals surface area contributed by atoms with Crippen molar-refractivity contribution in [1.29, 1.82) is 0 Å². The highest BCUT2D eigenvalue weighted by Gasteiger charge is 2.18. The van der Waals surface area contributed by atoms with Gasteiger partial charge in [-0.15, -0.1) is 0 Å². The third-order valence-corrected chi connectivity index (χ3v) is 4.36. The molecule has 1 aliphatic heterocycles. The number of aromatic nitrogens is 1. The first-order valence-electron chi connectivity index (χ1n) is 8.54. The summed E-state index contributed by atoms with van der Waals surface area (Å²) < 4.78 is 15.7. The SMILES string of the molecule is CC(NC(=O)COC(=O)c1cc2ccccc2[nH]1)c1ccc2c(c1)OCO2. The number of esters is 1. The summed E-state index contributed by atoms with van der Waals surface area (Å²) in [5, 5.41) is 3.71. The monoisotopic (exact) mass is 366 g/mol. The van der Waals surface area contributed by atoms with Crippen molar-refractivity contribution < 1.29 is 23.8 Å². The van der Waals surface area contributed by atoms with Crippen LogP contribution in [0.1, 0.15) is 29.0 Å². The van der Waals surface area contributed by atoms with Crippen molar-refractivity contribution in [3.63, 3.8) is 0 Å². The number of hydrogen-bond donors (Lipinski definition) is 2. The topological polar surface area (TPSA) is 89.7 Å². The van der Waals surface area contributed by atoms with E-state index in [0.717, 1.165) is 16.5 Å². The summed E-state index contributed by atoms with van der Waals surface area (Å²) >= 11 is 0. The lowest BCUT2D eigenvalue weighted by Gasteiger charge is -2.14. The quantitative estimate of drug-likeness (QED) is 0.678. The van der Waals surface area contributed by atoms with E-state index in [1.54, 1.807) is 12.1 Å². The number of nitrogens with one attached hydrogen (secondary N) is 2. The highest BCUT2D eigenvalue weighted by Crippen LogP contribution is 2.34. The van der Waals surface area contributed by atoms with Crippen LogP contribution in [0.5, 0.6) is 11.5 Å². The Morgan fingerprint density at radius 2 is 1.96 bits per heavy atom. The Morgan fingerprint density at radius 1 is 1.15 bits per heavy atom. The van der Waals surface area contributed by atoms with Gasteiger partial charge in [-0.1, -0.05) is 24.3 Å². The highest BCUT2D eigenvalue weighted by molar-refractivity contribution is 5.95. The maximum Gasteiger partial charge on any atom is 0.355 e. The molecule has 1 unspecified atom stereocenters. The van der Waals surface area contributed by atoms with E-state index in [9.17, 15) is 9.59 Å². The van der Waals surface area contributed by atoms with Crippen LogP contribution in [-0.2, 0) is 9.53 Å². The number of H-pyrrole nitrogens is 1. The fraction of sp³-hybridized carbons (Fsp3) is 0.200. The molecule has 0 spiro atoms. The van der Waals surface area contributed by atoms with Crippen molar-refractivity contribution in [2.24, 2.45) is 0 Å². The van der Waals surface area contributed by atoms with E-state index in [2.05, 4.69) is 10.3 Å². The largest absolute Gasteiger partial charge is 0.454 e. The van der Waals surface area contributed by atoms with Gasteiger partial charge in [0.25, 0.3) is 5.91 Å². The average Bonchev–Trinajstić information content (AvgIpc) is 3.31. The van der Waals surface area contributed by atoms with Gasteiger partial charge in [-0.25, -0.2) is 4.79 Å². The molecule has 3 aromatic rings. The van der Waals surface area contributed by atoms with E-state index in [1.165, 1.54) is 0 Å². The molecule has 7 nitrogen and oxygen atoms in total. The summed E-state index contributed by atoms with van der Waals surface area (Å²) in [7, 11) is 0. The lowest BCUT2D eigenvalue weighted by Crippen LogP contribution is -2.31. The van der Waals surface area contributed by atoms with Gasteiger partial charge in [0.15, 0.2) is 18.1 Å². The summed E-state index contributed by atoms with van der Waals surface area (Å²) in [6.07, 6.45) is 0. The number of ether oxygens (including phenoxy) is 3. The second-order valence-electron chi connectivity index (χ2n) is 6.25. The number of para-hydroxylation sites is 1. The number of carbonyl (C=O) groups is 2. The minimum Gasteiger partial charge on any atom is -0.454 e. The van der Waals surface area contributed by atoms with Crippen molar-refractivity contribution in [3.05, 3.63) is 59.8 Å². The maximum atomic E-state index is 12.1. The summed E-state index contributed by atoms with van der Waals surface area (Å²) in [5.74, 6) is 0.380. The van der Waals surface area contributed by atoms with Crippen LogP contribution in [0.3, 0.4) is 0 Å². The van der Waals surface area contributed by atoms with E-state index >= 15 is 0 Å². The molecule has 7 heteroatoms. The lowest BCUT2D eigenvalue weighted by molar-refractivity contribution is -0.124.